The minimum atomic E-state index is 1.05. The quantitative estimate of drug-likeness (QED) is 0.688. The zero-order chi connectivity index (χ0) is 9.52. The van der Waals surface area contributed by atoms with E-state index in [0.29, 0.717) is 0 Å². The summed E-state index contributed by atoms with van der Waals surface area (Å²) < 4.78 is 0. The molecule has 13 heavy (non-hydrogen) atoms. The Bertz CT molecular complexity index is 221. The molecular formula is C11H18N2. The Morgan fingerprint density at radius 1 is 1.23 bits per heavy atom. The van der Waals surface area contributed by atoms with Crippen molar-refractivity contribution in [3.8, 4) is 0 Å². The molecule has 0 saturated carbocycles. The van der Waals surface area contributed by atoms with Crippen LogP contribution in [0.4, 0.5) is 0 Å². The number of nitrogens with zero attached hydrogens (tertiary/aromatic N) is 2. The number of rotatable bonds is 5. The molecule has 0 fully saturated rings. The highest BCUT2D eigenvalue weighted by Gasteiger charge is 2.00. The Balaban J connectivity index is 2.46. The van der Waals surface area contributed by atoms with Gasteiger partial charge in [0.2, 0.25) is 0 Å². The molecule has 0 atom stereocenters. The molecule has 0 bridgehead atoms. The Labute approximate surface area is 80.6 Å². The molecule has 2 heteroatoms. The van der Waals surface area contributed by atoms with Gasteiger partial charge < -0.3 is 0 Å². The lowest BCUT2D eigenvalue weighted by Gasteiger charge is -2.19. The number of aromatic nitrogens is 1. The molecule has 0 aromatic carbocycles. The summed E-state index contributed by atoms with van der Waals surface area (Å²) in [5.74, 6) is 0. The summed E-state index contributed by atoms with van der Waals surface area (Å²) >= 11 is 0. The number of pyridine rings is 1. The van der Waals surface area contributed by atoms with Gasteiger partial charge in [-0.2, -0.15) is 0 Å². The topological polar surface area (TPSA) is 16.1 Å². The molecule has 0 aliphatic carbocycles. The van der Waals surface area contributed by atoms with Crippen molar-refractivity contribution in [1.29, 1.82) is 0 Å². The molecule has 0 saturated heterocycles. The third kappa shape index (κ3) is 3.55. The molecule has 72 valence electrons. The maximum Gasteiger partial charge on any atom is 0.0271 e. The van der Waals surface area contributed by atoms with Crippen molar-refractivity contribution in [2.45, 2.75) is 26.8 Å². The van der Waals surface area contributed by atoms with E-state index in [2.05, 4.69) is 35.9 Å². The van der Waals surface area contributed by atoms with Crippen molar-refractivity contribution in [2.75, 3.05) is 13.1 Å². The van der Waals surface area contributed by atoms with E-state index in [9.17, 15) is 0 Å². The summed E-state index contributed by atoms with van der Waals surface area (Å²) in [7, 11) is 0. The predicted octanol–water partition coefficient (Wildman–Crippen LogP) is 2.31. The van der Waals surface area contributed by atoms with Gasteiger partial charge >= 0.3 is 0 Å². The first-order chi connectivity index (χ1) is 6.36. The molecule has 2 nitrogen and oxygen atoms in total. The summed E-state index contributed by atoms with van der Waals surface area (Å²) in [6, 6.07) is 4.16. The minimum absolute atomic E-state index is 1.05. The molecular weight excluding hydrogens is 160 g/mol. The third-order valence-corrected chi connectivity index (χ3v) is 2.14. The molecule has 1 rings (SSSR count). The van der Waals surface area contributed by atoms with E-state index in [1.165, 1.54) is 18.5 Å². The van der Waals surface area contributed by atoms with Gasteiger partial charge in [0.25, 0.3) is 0 Å². The van der Waals surface area contributed by atoms with Crippen molar-refractivity contribution >= 4 is 0 Å². The van der Waals surface area contributed by atoms with E-state index >= 15 is 0 Å². The van der Waals surface area contributed by atoms with Gasteiger partial charge in [-0.1, -0.05) is 13.8 Å². The smallest absolute Gasteiger partial charge is 0.0271 e. The number of hydrogen-bond donors (Lipinski definition) is 0. The maximum absolute atomic E-state index is 4.01. The van der Waals surface area contributed by atoms with Gasteiger partial charge in [0.15, 0.2) is 0 Å². The van der Waals surface area contributed by atoms with Crippen molar-refractivity contribution < 1.29 is 0 Å². The summed E-state index contributed by atoms with van der Waals surface area (Å²) in [6.07, 6.45) is 4.93. The zero-order valence-corrected chi connectivity index (χ0v) is 8.53. The highest BCUT2D eigenvalue weighted by Crippen LogP contribution is 2.02. The van der Waals surface area contributed by atoms with E-state index in [-0.39, 0.29) is 0 Å². The summed E-state index contributed by atoms with van der Waals surface area (Å²) in [5, 5.41) is 0. The fourth-order valence-corrected chi connectivity index (χ4v) is 1.41. The summed E-state index contributed by atoms with van der Waals surface area (Å²) in [5.41, 5.74) is 1.35. The largest absolute Gasteiger partial charge is 0.299 e. The lowest BCUT2D eigenvalue weighted by molar-refractivity contribution is 0.280. The van der Waals surface area contributed by atoms with Crippen LogP contribution in [0.2, 0.25) is 0 Å². The molecule has 1 aromatic rings. The first kappa shape index (κ1) is 10.2. The Kier molecular flexibility index (Phi) is 4.47. The van der Waals surface area contributed by atoms with Gasteiger partial charge in [0, 0.05) is 18.9 Å². The zero-order valence-electron chi connectivity index (χ0n) is 8.53. The average Bonchev–Trinajstić information content (AvgIpc) is 2.19. The molecule has 0 unspecified atom stereocenters. The van der Waals surface area contributed by atoms with E-state index in [1.807, 2.05) is 12.4 Å². The Morgan fingerprint density at radius 2 is 1.92 bits per heavy atom. The van der Waals surface area contributed by atoms with Gasteiger partial charge in [0.05, 0.1) is 0 Å². The van der Waals surface area contributed by atoms with Crippen LogP contribution in [-0.4, -0.2) is 23.0 Å². The van der Waals surface area contributed by atoms with E-state index in [4.69, 9.17) is 0 Å². The lowest BCUT2D eigenvalue weighted by atomic mass is 10.2. The first-order valence-corrected chi connectivity index (χ1v) is 4.98. The molecule has 1 heterocycles. The maximum atomic E-state index is 4.01. The normalized spacial score (nSPS) is 10.7. The van der Waals surface area contributed by atoms with E-state index in [0.717, 1.165) is 13.1 Å². The van der Waals surface area contributed by atoms with Gasteiger partial charge in [0.1, 0.15) is 0 Å². The molecule has 1 aromatic heterocycles. The Hall–Kier alpha value is -0.890. The minimum Gasteiger partial charge on any atom is -0.299 e. The molecule has 0 N–H and O–H groups in total. The van der Waals surface area contributed by atoms with Crippen molar-refractivity contribution in [3.05, 3.63) is 30.1 Å². The van der Waals surface area contributed by atoms with Crippen molar-refractivity contribution in [2.24, 2.45) is 0 Å². The number of hydrogen-bond acceptors (Lipinski definition) is 2. The SMILES string of the molecule is CCCN(CC)Cc1ccncc1. The van der Waals surface area contributed by atoms with Gasteiger partial charge in [-0.25, -0.2) is 0 Å². The third-order valence-electron chi connectivity index (χ3n) is 2.14. The molecule has 0 spiro atoms. The van der Waals surface area contributed by atoms with Gasteiger partial charge in [-0.05, 0) is 37.2 Å². The van der Waals surface area contributed by atoms with Crippen LogP contribution in [-0.2, 0) is 6.54 Å². The van der Waals surface area contributed by atoms with Gasteiger partial charge in [-0.15, -0.1) is 0 Å². The fourth-order valence-electron chi connectivity index (χ4n) is 1.41. The van der Waals surface area contributed by atoms with E-state index in [1.54, 1.807) is 0 Å². The fraction of sp³-hybridized carbons (Fsp3) is 0.545. The lowest BCUT2D eigenvalue weighted by Crippen LogP contribution is -2.23. The predicted molar refractivity (Wildman–Crippen MR) is 55.5 cm³/mol. The second-order valence-corrected chi connectivity index (χ2v) is 3.22. The summed E-state index contributed by atoms with van der Waals surface area (Å²) in [4.78, 5) is 6.45. The Morgan fingerprint density at radius 3 is 2.46 bits per heavy atom. The van der Waals surface area contributed by atoms with Crippen LogP contribution in [0.3, 0.4) is 0 Å². The van der Waals surface area contributed by atoms with Crippen LogP contribution in [0.1, 0.15) is 25.8 Å². The van der Waals surface area contributed by atoms with Crippen molar-refractivity contribution in [1.82, 2.24) is 9.88 Å². The highest BCUT2D eigenvalue weighted by atomic mass is 15.1. The van der Waals surface area contributed by atoms with Gasteiger partial charge in [-0.3, -0.25) is 9.88 Å². The molecule has 0 amide bonds. The molecule has 0 aliphatic heterocycles. The van der Waals surface area contributed by atoms with E-state index < -0.39 is 0 Å². The standard InChI is InChI=1S/C11H18N2/c1-3-9-13(4-2)10-11-5-7-12-8-6-11/h5-8H,3-4,9-10H2,1-2H3. The second-order valence-electron chi connectivity index (χ2n) is 3.22. The highest BCUT2D eigenvalue weighted by molar-refractivity contribution is 5.09. The van der Waals surface area contributed by atoms with Crippen LogP contribution in [0, 0.1) is 0 Å². The van der Waals surface area contributed by atoms with Crippen LogP contribution >= 0.6 is 0 Å². The summed E-state index contributed by atoms with van der Waals surface area (Å²) in [6.45, 7) is 7.77. The van der Waals surface area contributed by atoms with Crippen LogP contribution in [0.15, 0.2) is 24.5 Å². The molecule has 0 aliphatic rings. The van der Waals surface area contributed by atoms with Crippen LogP contribution in [0.25, 0.3) is 0 Å². The van der Waals surface area contributed by atoms with Crippen LogP contribution in [0.5, 0.6) is 0 Å². The van der Waals surface area contributed by atoms with Crippen LogP contribution < -0.4 is 0 Å². The second kappa shape index (κ2) is 5.70. The van der Waals surface area contributed by atoms with Crippen molar-refractivity contribution in [3.63, 3.8) is 0 Å². The molecule has 0 radical (unpaired) electrons. The first-order valence-electron chi connectivity index (χ1n) is 4.98. The monoisotopic (exact) mass is 178 g/mol. The average molecular weight is 178 g/mol.